The molecule has 0 aromatic carbocycles. The van der Waals surface area contributed by atoms with Gasteiger partial charge in [0.25, 0.3) is 0 Å². The van der Waals surface area contributed by atoms with Crippen molar-refractivity contribution in [2.45, 2.75) is 52.6 Å². The first-order chi connectivity index (χ1) is 6.39. The van der Waals surface area contributed by atoms with Crippen molar-refractivity contribution in [1.82, 2.24) is 15.5 Å². The number of aromatic nitrogens is 2. The van der Waals surface area contributed by atoms with Gasteiger partial charge >= 0.3 is 0 Å². The van der Waals surface area contributed by atoms with Crippen molar-refractivity contribution in [2.24, 2.45) is 0 Å². The van der Waals surface area contributed by atoms with Gasteiger partial charge in [-0.05, 0) is 0 Å². The molecule has 0 radical (unpaired) electrons. The van der Waals surface area contributed by atoms with Crippen LogP contribution >= 0.6 is 0 Å². The van der Waals surface area contributed by atoms with Crippen molar-refractivity contribution in [3.05, 3.63) is 11.8 Å². The molecule has 0 spiro atoms. The van der Waals surface area contributed by atoms with Gasteiger partial charge in [-0.25, -0.2) is 0 Å². The van der Waals surface area contributed by atoms with Gasteiger partial charge in [-0.15, -0.1) is 10.2 Å². The monoisotopic (exact) mass is 197 g/mol. The molecular weight excluding hydrogens is 178 g/mol. The zero-order chi connectivity index (χ0) is 10.8. The average Bonchev–Trinajstić information content (AvgIpc) is 2.47. The molecule has 80 valence electrons. The fraction of sp³-hybridized carbons (Fsp3) is 0.800. The molecule has 0 saturated heterocycles. The number of nitrogens with zero attached hydrogens (tertiary/aromatic N) is 2. The summed E-state index contributed by atoms with van der Waals surface area (Å²) < 4.78 is 5.51. The molecule has 1 rings (SSSR count). The van der Waals surface area contributed by atoms with Crippen LogP contribution in [0.3, 0.4) is 0 Å². The first-order valence-electron chi connectivity index (χ1n) is 4.96. The van der Waals surface area contributed by atoms with Crippen molar-refractivity contribution in [3.63, 3.8) is 0 Å². The Morgan fingerprint density at radius 2 is 1.93 bits per heavy atom. The Labute approximate surface area is 85.1 Å². The predicted molar refractivity (Wildman–Crippen MR) is 55.0 cm³/mol. The molecule has 1 N–H and O–H groups in total. The highest BCUT2D eigenvalue weighted by molar-refractivity contribution is 4.95. The normalized spacial score (nSPS) is 12.4. The molecule has 0 aliphatic rings. The van der Waals surface area contributed by atoms with Crippen LogP contribution in [-0.2, 0) is 12.0 Å². The van der Waals surface area contributed by atoms with Crippen LogP contribution in [0.25, 0.3) is 0 Å². The Kier molecular flexibility index (Phi) is 3.26. The first-order valence-corrected chi connectivity index (χ1v) is 4.96. The Hall–Kier alpha value is -0.900. The molecule has 4 heteroatoms. The van der Waals surface area contributed by atoms with Crippen LogP contribution < -0.4 is 5.32 Å². The molecule has 0 fully saturated rings. The number of hydrogen-bond acceptors (Lipinski definition) is 4. The van der Waals surface area contributed by atoms with E-state index in [4.69, 9.17) is 4.42 Å². The molecule has 1 aromatic rings. The van der Waals surface area contributed by atoms with E-state index in [0.717, 1.165) is 0 Å². The SMILES string of the molecule is CC(C)NCc1nnc(C(C)(C)C)o1. The summed E-state index contributed by atoms with van der Waals surface area (Å²) >= 11 is 0. The minimum atomic E-state index is -0.0664. The molecule has 1 aromatic heterocycles. The maximum atomic E-state index is 5.51. The third kappa shape index (κ3) is 3.10. The van der Waals surface area contributed by atoms with Crippen molar-refractivity contribution in [2.75, 3.05) is 0 Å². The van der Waals surface area contributed by atoms with E-state index in [9.17, 15) is 0 Å². The van der Waals surface area contributed by atoms with E-state index >= 15 is 0 Å². The highest BCUT2D eigenvalue weighted by Crippen LogP contribution is 2.19. The zero-order valence-electron chi connectivity index (χ0n) is 9.59. The van der Waals surface area contributed by atoms with Gasteiger partial charge in [0.2, 0.25) is 11.8 Å². The van der Waals surface area contributed by atoms with Gasteiger partial charge in [0.15, 0.2) is 0 Å². The summed E-state index contributed by atoms with van der Waals surface area (Å²) in [5, 5.41) is 11.2. The van der Waals surface area contributed by atoms with Crippen LogP contribution in [0.2, 0.25) is 0 Å². The largest absolute Gasteiger partial charge is 0.423 e. The van der Waals surface area contributed by atoms with Gasteiger partial charge in [-0.3, -0.25) is 0 Å². The van der Waals surface area contributed by atoms with Crippen LogP contribution in [0, 0.1) is 0 Å². The van der Waals surface area contributed by atoms with E-state index in [2.05, 4.69) is 50.1 Å². The summed E-state index contributed by atoms with van der Waals surface area (Å²) in [4.78, 5) is 0. The van der Waals surface area contributed by atoms with Gasteiger partial charge in [0.1, 0.15) is 0 Å². The topological polar surface area (TPSA) is 51.0 Å². The lowest BCUT2D eigenvalue weighted by atomic mass is 9.97. The smallest absolute Gasteiger partial charge is 0.230 e. The maximum absolute atomic E-state index is 5.51. The summed E-state index contributed by atoms with van der Waals surface area (Å²) in [5.74, 6) is 1.35. The molecule has 0 atom stereocenters. The van der Waals surface area contributed by atoms with Gasteiger partial charge < -0.3 is 9.73 Å². The molecule has 14 heavy (non-hydrogen) atoms. The number of nitrogens with one attached hydrogen (secondary N) is 1. The fourth-order valence-corrected chi connectivity index (χ4v) is 0.920. The van der Waals surface area contributed by atoms with E-state index in [1.807, 2.05) is 0 Å². The second-order valence-electron chi connectivity index (χ2n) is 4.79. The van der Waals surface area contributed by atoms with Gasteiger partial charge in [-0.2, -0.15) is 0 Å². The molecule has 0 amide bonds. The Balaban J connectivity index is 2.60. The number of rotatable bonds is 3. The van der Waals surface area contributed by atoms with Crippen molar-refractivity contribution >= 4 is 0 Å². The van der Waals surface area contributed by atoms with Crippen molar-refractivity contribution in [3.8, 4) is 0 Å². The van der Waals surface area contributed by atoms with Crippen molar-refractivity contribution < 1.29 is 4.42 Å². The van der Waals surface area contributed by atoms with Gasteiger partial charge in [0, 0.05) is 11.5 Å². The highest BCUT2D eigenvalue weighted by atomic mass is 16.4. The standard InChI is InChI=1S/C10H19N3O/c1-7(2)11-6-8-12-13-9(14-8)10(3,4)5/h7,11H,6H2,1-5H3. The second kappa shape index (κ2) is 4.09. The molecule has 0 aliphatic heterocycles. The van der Waals surface area contributed by atoms with Crippen LogP contribution in [-0.4, -0.2) is 16.2 Å². The Morgan fingerprint density at radius 3 is 2.36 bits per heavy atom. The lowest BCUT2D eigenvalue weighted by Gasteiger charge is -2.11. The molecule has 0 saturated carbocycles. The molecule has 0 unspecified atom stereocenters. The van der Waals surface area contributed by atoms with E-state index in [-0.39, 0.29) is 5.41 Å². The quantitative estimate of drug-likeness (QED) is 0.803. The van der Waals surface area contributed by atoms with Crippen molar-refractivity contribution in [1.29, 1.82) is 0 Å². The number of hydrogen-bond donors (Lipinski definition) is 1. The van der Waals surface area contributed by atoms with Crippen LogP contribution in [0.15, 0.2) is 4.42 Å². The second-order valence-corrected chi connectivity index (χ2v) is 4.79. The molecule has 0 bridgehead atoms. The van der Waals surface area contributed by atoms with E-state index in [1.165, 1.54) is 0 Å². The van der Waals surface area contributed by atoms with E-state index in [1.54, 1.807) is 0 Å². The predicted octanol–water partition coefficient (Wildman–Crippen LogP) is 1.87. The zero-order valence-corrected chi connectivity index (χ0v) is 9.59. The summed E-state index contributed by atoms with van der Waals surface area (Å²) in [7, 11) is 0. The average molecular weight is 197 g/mol. The summed E-state index contributed by atoms with van der Waals surface area (Å²) in [6, 6.07) is 0.431. The highest BCUT2D eigenvalue weighted by Gasteiger charge is 2.21. The summed E-state index contributed by atoms with van der Waals surface area (Å²) in [5.41, 5.74) is -0.0664. The third-order valence-electron chi connectivity index (χ3n) is 1.77. The summed E-state index contributed by atoms with van der Waals surface area (Å²) in [6.07, 6.45) is 0. The lowest BCUT2D eigenvalue weighted by Crippen LogP contribution is -2.21. The Bertz CT molecular complexity index is 286. The Morgan fingerprint density at radius 1 is 1.29 bits per heavy atom. The first kappa shape index (κ1) is 11.2. The van der Waals surface area contributed by atoms with Gasteiger partial charge in [0.05, 0.1) is 6.54 Å². The third-order valence-corrected chi connectivity index (χ3v) is 1.77. The summed E-state index contributed by atoms with van der Waals surface area (Å²) in [6.45, 7) is 11.0. The molecule has 1 heterocycles. The van der Waals surface area contributed by atoms with E-state index < -0.39 is 0 Å². The maximum Gasteiger partial charge on any atom is 0.230 e. The minimum Gasteiger partial charge on any atom is -0.423 e. The lowest BCUT2D eigenvalue weighted by molar-refractivity contribution is 0.361. The van der Waals surface area contributed by atoms with Crippen LogP contribution in [0.1, 0.15) is 46.4 Å². The van der Waals surface area contributed by atoms with Crippen LogP contribution in [0.5, 0.6) is 0 Å². The van der Waals surface area contributed by atoms with Crippen LogP contribution in [0.4, 0.5) is 0 Å². The minimum absolute atomic E-state index is 0.0664. The molecule has 0 aliphatic carbocycles. The van der Waals surface area contributed by atoms with E-state index in [0.29, 0.717) is 24.4 Å². The molecule has 4 nitrogen and oxygen atoms in total. The van der Waals surface area contributed by atoms with Gasteiger partial charge in [-0.1, -0.05) is 34.6 Å². The fourth-order valence-electron chi connectivity index (χ4n) is 0.920. The molecular formula is C10H19N3O.